The van der Waals surface area contributed by atoms with E-state index in [0.717, 1.165) is 23.4 Å². The summed E-state index contributed by atoms with van der Waals surface area (Å²) in [7, 11) is 1.65. The van der Waals surface area contributed by atoms with E-state index in [1.165, 1.54) is 5.56 Å². The van der Waals surface area contributed by atoms with E-state index in [1.807, 2.05) is 48.5 Å². The topological polar surface area (TPSA) is 64.3 Å². The number of benzene rings is 2. The Morgan fingerprint density at radius 3 is 2.50 bits per heavy atom. The van der Waals surface area contributed by atoms with E-state index >= 15 is 0 Å². The summed E-state index contributed by atoms with van der Waals surface area (Å²) in [5.74, 6) is 0.894. The van der Waals surface area contributed by atoms with Crippen LogP contribution in [-0.2, 0) is 17.6 Å². The van der Waals surface area contributed by atoms with Crippen LogP contribution in [0.15, 0.2) is 48.5 Å². The molecular formula is C18H22N2O2. The van der Waals surface area contributed by atoms with Crippen LogP contribution in [0.4, 0.5) is 5.69 Å². The summed E-state index contributed by atoms with van der Waals surface area (Å²) in [6, 6.07) is 15.5. The number of nitrogens with two attached hydrogens (primary N) is 1. The first kappa shape index (κ1) is 15.9. The minimum atomic E-state index is 0.0526. The standard InChI is InChI=1S/C18H22N2O2/c1-22-16-9-6-14(7-10-16)12-13-20-18(21)11-8-15-4-2-3-5-17(15)19/h2-7,9-10H,8,11-13,19H2,1H3,(H,20,21). The molecule has 2 aromatic rings. The highest BCUT2D eigenvalue weighted by atomic mass is 16.5. The van der Waals surface area contributed by atoms with Crippen molar-refractivity contribution in [3.8, 4) is 5.75 Å². The molecule has 0 saturated heterocycles. The van der Waals surface area contributed by atoms with Gasteiger partial charge < -0.3 is 15.8 Å². The number of carbonyl (C=O) groups is 1. The van der Waals surface area contributed by atoms with Gasteiger partial charge in [0.1, 0.15) is 5.75 Å². The number of carbonyl (C=O) groups excluding carboxylic acids is 1. The molecule has 4 nitrogen and oxygen atoms in total. The molecule has 116 valence electrons. The zero-order valence-corrected chi connectivity index (χ0v) is 12.8. The van der Waals surface area contributed by atoms with Gasteiger partial charge in [-0.15, -0.1) is 0 Å². The number of anilines is 1. The highest BCUT2D eigenvalue weighted by Crippen LogP contribution is 2.13. The van der Waals surface area contributed by atoms with E-state index in [0.29, 0.717) is 19.4 Å². The van der Waals surface area contributed by atoms with Gasteiger partial charge in [0.2, 0.25) is 5.91 Å². The van der Waals surface area contributed by atoms with Crippen LogP contribution >= 0.6 is 0 Å². The van der Waals surface area contributed by atoms with Gasteiger partial charge in [-0.2, -0.15) is 0 Å². The molecular weight excluding hydrogens is 276 g/mol. The number of amides is 1. The second kappa shape index (κ2) is 8.08. The molecule has 0 bridgehead atoms. The fourth-order valence-corrected chi connectivity index (χ4v) is 2.24. The predicted octanol–water partition coefficient (Wildman–Crippen LogP) is 2.57. The number of aryl methyl sites for hydroxylation is 1. The monoisotopic (exact) mass is 298 g/mol. The van der Waals surface area contributed by atoms with E-state index in [-0.39, 0.29) is 5.91 Å². The second-order valence-corrected chi connectivity index (χ2v) is 5.15. The highest BCUT2D eigenvalue weighted by molar-refractivity contribution is 5.76. The lowest BCUT2D eigenvalue weighted by Gasteiger charge is -2.07. The SMILES string of the molecule is COc1ccc(CCNC(=O)CCc2ccccc2N)cc1. The zero-order chi connectivity index (χ0) is 15.8. The van der Waals surface area contributed by atoms with Gasteiger partial charge >= 0.3 is 0 Å². The number of nitrogens with one attached hydrogen (secondary N) is 1. The number of rotatable bonds is 7. The molecule has 4 heteroatoms. The smallest absolute Gasteiger partial charge is 0.220 e. The average Bonchev–Trinajstić information content (AvgIpc) is 2.55. The van der Waals surface area contributed by atoms with E-state index in [9.17, 15) is 4.79 Å². The molecule has 0 saturated carbocycles. The van der Waals surface area contributed by atoms with Crippen molar-refractivity contribution in [2.75, 3.05) is 19.4 Å². The molecule has 0 aliphatic rings. The van der Waals surface area contributed by atoms with Crippen molar-refractivity contribution < 1.29 is 9.53 Å². The zero-order valence-electron chi connectivity index (χ0n) is 12.8. The summed E-state index contributed by atoms with van der Waals surface area (Å²) in [6.45, 7) is 0.634. The molecule has 0 aromatic heterocycles. The number of nitrogen functional groups attached to an aromatic ring is 1. The second-order valence-electron chi connectivity index (χ2n) is 5.15. The Bertz CT molecular complexity index is 609. The Labute approximate surface area is 131 Å². The molecule has 0 radical (unpaired) electrons. The van der Waals surface area contributed by atoms with Gasteiger partial charge in [-0.05, 0) is 42.2 Å². The third-order valence-corrected chi connectivity index (χ3v) is 3.57. The third-order valence-electron chi connectivity index (χ3n) is 3.57. The molecule has 3 N–H and O–H groups in total. The van der Waals surface area contributed by atoms with Gasteiger partial charge in [-0.25, -0.2) is 0 Å². The van der Waals surface area contributed by atoms with Crippen LogP contribution in [0.3, 0.4) is 0 Å². The predicted molar refractivity (Wildman–Crippen MR) is 88.9 cm³/mol. The fraction of sp³-hybridized carbons (Fsp3) is 0.278. The molecule has 22 heavy (non-hydrogen) atoms. The number of hydrogen-bond donors (Lipinski definition) is 2. The van der Waals surface area contributed by atoms with Gasteiger partial charge in [-0.1, -0.05) is 30.3 Å². The minimum Gasteiger partial charge on any atom is -0.497 e. The van der Waals surface area contributed by atoms with Gasteiger partial charge in [0.25, 0.3) is 0 Å². The molecule has 0 fully saturated rings. The Hall–Kier alpha value is -2.49. The lowest BCUT2D eigenvalue weighted by atomic mass is 10.1. The number of para-hydroxylation sites is 1. The van der Waals surface area contributed by atoms with Gasteiger partial charge in [0, 0.05) is 18.7 Å². The van der Waals surface area contributed by atoms with Crippen molar-refractivity contribution in [1.82, 2.24) is 5.32 Å². The normalized spacial score (nSPS) is 10.2. The maximum Gasteiger partial charge on any atom is 0.220 e. The molecule has 1 amide bonds. The summed E-state index contributed by atoms with van der Waals surface area (Å²) >= 11 is 0. The Morgan fingerprint density at radius 1 is 1.09 bits per heavy atom. The third kappa shape index (κ3) is 4.81. The first-order valence-corrected chi connectivity index (χ1v) is 7.42. The van der Waals surface area contributed by atoms with Crippen LogP contribution in [0.5, 0.6) is 5.75 Å². The van der Waals surface area contributed by atoms with E-state index in [1.54, 1.807) is 7.11 Å². The lowest BCUT2D eigenvalue weighted by molar-refractivity contribution is -0.121. The average molecular weight is 298 g/mol. The summed E-state index contributed by atoms with van der Waals surface area (Å²) in [5.41, 5.74) is 8.80. The summed E-state index contributed by atoms with van der Waals surface area (Å²) in [5, 5.41) is 2.94. The molecule has 0 atom stereocenters. The lowest BCUT2D eigenvalue weighted by Crippen LogP contribution is -2.25. The van der Waals surface area contributed by atoms with Crippen LogP contribution in [0, 0.1) is 0 Å². The van der Waals surface area contributed by atoms with E-state index in [2.05, 4.69) is 5.32 Å². The number of hydrogen-bond acceptors (Lipinski definition) is 3. The van der Waals surface area contributed by atoms with E-state index in [4.69, 9.17) is 10.5 Å². The molecule has 2 aromatic carbocycles. The summed E-state index contributed by atoms with van der Waals surface area (Å²) in [4.78, 5) is 11.8. The summed E-state index contributed by atoms with van der Waals surface area (Å²) < 4.78 is 5.12. The first-order valence-electron chi connectivity index (χ1n) is 7.42. The quantitative estimate of drug-likeness (QED) is 0.772. The van der Waals surface area contributed by atoms with Crippen LogP contribution < -0.4 is 15.8 Å². The first-order chi connectivity index (χ1) is 10.7. The van der Waals surface area contributed by atoms with Gasteiger partial charge in [0.15, 0.2) is 0 Å². The van der Waals surface area contributed by atoms with Crippen LogP contribution in [-0.4, -0.2) is 19.6 Å². The van der Waals surface area contributed by atoms with Crippen LogP contribution in [0.2, 0.25) is 0 Å². The van der Waals surface area contributed by atoms with Crippen molar-refractivity contribution in [3.05, 3.63) is 59.7 Å². The maximum atomic E-state index is 11.8. The number of ether oxygens (including phenoxy) is 1. The minimum absolute atomic E-state index is 0.0526. The Kier molecular flexibility index (Phi) is 5.83. The molecule has 2 rings (SSSR count). The van der Waals surface area contributed by atoms with Crippen molar-refractivity contribution in [3.63, 3.8) is 0 Å². The van der Waals surface area contributed by atoms with Gasteiger partial charge in [0.05, 0.1) is 7.11 Å². The number of methoxy groups -OCH3 is 1. The van der Waals surface area contributed by atoms with E-state index < -0.39 is 0 Å². The molecule has 0 aliphatic heterocycles. The molecule has 0 spiro atoms. The van der Waals surface area contributed by atoms with Crippen molar-refractivity contribution in [2.24, 2.45) is 0 Å². The summed E-state index contributed by atoms with van der Waals surface area (Å²) in [6.07, 6.45) is 1.93. The Morgan fingerprint density at radius 2 is 1.82 bits per heavy atom. The van der Waals surface area contributed by atoms with Crippen LogP contribution in [0.1, 0.15) is 17.5 Å². The van der Waals surface area contributed by atoms with Gasteiger partial charge in [-0.3, -0.25) is 4.79 Å². The Balaban J connectivity index is 1.70. The molecule has 0 unspecified atom stereocenters. The van der Waals surface area contributed by atoms with Crippen molar-refractivity contribution >= 4 is 11.6 Å². The highest BCUT2D eigenvalue weighted by Gasteiger charge is 2.04. The largest absolute Gasteiger partial charge is 0.497 e. The molecule has 0 aliphatic carbocycles. The molecule has 0 heterocycles. The fourth-order valence-electron chi connectivity index (χ4n) is 2.24. The van der Waals surface area contributed by atoms with Crippen molar-refractivity contribution in [1.29, 1.82) is 0 Å². The van der Waals surface area contributed by atoms with Crippen molar-refractivity contribution in [2.45, 2.75) is 19.3 Å². The van der Waals surface area contributed by atoms with Crippen LogP contribution in [0.25, 0.3) is 0 Å². The maximum absolute atomic E-state index is 11.8.